The Kier molecular flexibility index (Phi) is 4.69. The lowest BCUT2D eigenvalue weighted by atomic mass is 9.99. The first kappa shape index (κ1) is 18.3. The summed E-state index contributed by atoms with van der Waals surface area (Å²) in [5.41, 5.74) is 6.36. The summed E-state index contributed by atoms with van der Waals surface area (Å²) in [4.78, 5) is 28.3. The average Bonchev–Trinajstić information content (AvgIpc) is 3.38. The highest BCUT2D eigenvalue weighted by atomic mass is 16.3. The predicted molar refractivity (Wildman–Crippen MR) is 101 cm³/mol. The minimum Gasteiger partial charge on any atom is -0.508 e. The summed E-state index contributed by atoms with van der Waals surface area (Å²) in [6.07, 6.45) is 2.33. The Morgan fingerprint density at radius 2 is 2.14 bits per heavy atom. The van der Waals surface area contributed by atoms with Gasteiger partial charge in [-0.15, -0.1) is 0 Å². The summed E-state index contributed by atoms with van der Waals surface area (Å²) in [6, 6.07) is 6.46. The zero-order valence-corrected chi connectivity index (χ0v) is 15.4. The Balaban J connectivity index is 1.51. The smallest absolute Gasteiger partial charge is 0.252 e. The van der Waals surface area contributed by atoms with Gasteiger partial charge >= 0.3 is 0 Å². The van der Waals surface area contributed by atoms with Crippen molar-refractivity contribution in [2.24, 2.45) is 5.73 Å². The molecule has 8 heteroatoms. The van der Waals surface area contributed by atoms with E-state index in [2.05, 4.69) is 6.07 Å². The van der Waals surface area contributed by atoms with Crippen molar-refractivity contribution >= 4 is 22.8 Å². The van der Waals surface area contributed by atoms with E-state index < -0.39 is 5.91 Å². The number of carbonyl (C=O) groups excluding carboxylic acids is 2. The van der Waals surface area contributed by atoms with Crippen molar-refractivity contribution in [2.75, 3.05) is 26.2 Å². The summed E-state index contributed by atoms with van der Waals surface area (Å²) < 4.78 is 5.89. The van der Waals surface area contributed by atoms with Crippen LogP contribution in [-0.2, 0) is 4.79 Å². The van der Waals surface area contributed by atoms with Crippen LogP contribution < -0.4 is 5.73 Å². The van der Waals surface area contributed by atoms with Gasteiger partial charge in [-0.2, -0.15) is 5.26 Å². The number of fused-ring (bicyclic) bond motifs is 1. The van der Waals surface area contributed by atoms with Gasteiger partial charge in [0, 0.05) is 30.5 Å². The fourth-order valence-corrected chi connectivity index (χ4v) is 4.32. The van der Waals surface area contributed by atoms with Crippen LogP contribution in [0.4, 0.5) is 0 Å². The molecule has 2 aromatic rings. The van der Waals surface area contributed by atoms with E-state index >= 15 is 0 Å². The number of nitrogens with zero attached hydrogens (tertiary/aromatic N) is 3. The standard InChI is InChI=1S/C20H22N4O4/c21-9-13-2-1-6-24(13)17(26)11-23-7-5-12(10-23)19-18(20(22)27)15-4-3-14(25)8-16(15)28-19/h3-4,8,12-13,25H,1-2,5-7,10-11H2,(H2,22,27)/t12-,13-/m0/s1. The second kappa shape index (κ2) is 7.17. The summed E-state index contributed by atoms with van der Waals surface area (Å²) in [6.45, 7) is 2.15. The topological polar surface area (TPSA) is 124 Å². The third kappa shape index (κ3) is 3.18. The van der Waals surface area contributed by atoms with Crippen LogP contribution in [0.1, 0.15) is 41.3 Å². The normalized spacial score (nSPS) is 22.6. The van der Waals surface area contributed by atoms with Crippen LogP contribution in [0.15, 0.2) is 22.6 Å². The quantitative estimate of drug-likeness (QED) is 0.827. The Labute approximate surface area is 162 Å². The van der Waals surface area contributed by atoms with Gasteiger partial charge in [-0.1, -0.05) is 0 Å². The minimum atomic E-state index is -0.567. The molecule has 0 aliphatic carbocycles. The summed E-state index contributed by atoms with van der Waals surface area (Å²) in [5.74, 6) is -0.0910. The number of hydrogen-bond acceptors (Lipinski definition) is 6. The number of aromatic hydroxyl groups is 1. The number of nitriles is 1. The maximum atomic E-state index is 12.6. The van der Waals surface area contributed by atoms with E-state index in [4.69, 9.17) is 10.2 Å². The molecule has 0 unspecified atom stereocenters. The third-order valence-corrected chi connectivity index (χ3v) is 5.67. The maximum Gasteiger partial charge on any atom is 0.252 e. The fourth-order valence-electron chi connectivity index (χ4n) is 4.32. The number of likely N-dealkylation sites (tertiary alicyclic amines) is 2. The number of rotatable bonds is 4. The van der Waals surface area contributed by atoms with E-state index in [1.807, 2.05) is 4.90 Å². The minimum absolute atomic E-state index is 0.0330. The number of carbonyl (C=O) groups is 2. The average molecular weight is 382 g/mol. The molecule has 1 aromatic heterocycles. The lowest BCUT2D eigenvalue weighted by molar-refractivity contribution is -0.132. The van der Waals surface area contributed by atoms with Crippen molar-refractivity contribution in [3.05, 3.63) is 29.5 Å². The molecule has 0 saturated carbocycles. The first-order chi connectivity index (χ1) is 13.5. The maximum absolute atomic E-state index is 12.6. The van der Waals surface area contributed by atoms with Crippen LogP contribution in [0, 0.1) is 11.3 Å². The van der Waals surface area contributed by atoms with E-state index in [1.165, 1.54) is 12.1 Å². The zero-order chi connectivity index (χ0) is 19.8. The lowest BCUT2D eigenvalue weighted by Crippen LogP contribution is -2.41. The predicted octanol–water partition coefficient (Wildman–Crippen LogP) is 1.54. The van der Waals surface area contributed by atoms with Gasteiger partial charge < -0.3 is 20.2 Å². The number of primary amides is 1. The van der Waals surface area contributed by atoms with E-state index in [1.54, 1.807) is 11.0 Å². The second-order valence-corrected chi connectivity index (χ2v) is 7.48. The molecular formula is C20H22N4O4. The molecule has 3 N–H and O–H groups in total. The first-order valence-electron chi connectivity index (χ1n) is 9.44. The highest BCUT2D eigenvalue weighted by Crippen LogP contribution is 2.36. The molecule has 2 aliphatic rings. The molecule has 4 rings (SSSR count). The largest absolute Gasteiger partial charge is 0.508 e. The Morgan fingerprint density at radius 3 is 2.89 bits per heavy atom. The highest BCUT2D eigenvalue weighted by Gasteiger charge is 2.34. The molecule has 0 bridgehead atoms. The fraction of sp³-hybridized carbons (Fsp3) is 0.450. The van der Waals surface area contributed by atoms with Crippen LogP contribution in [-0.4, -0.2) is 58.9 Å². The molecule has 8 nitrogen and oxygen atoms in total. The summed E-state index contributed by atoms with van der Waals surface area (Å²) in [5, 5.41) is 19.4. The zero-order valence-electron chi connectivity index (χ0n) is 15.4. The second-order valence-electron chi connectivity index (χ2n) is 7.48. The van der Waals surface area contributed by atoms with Crippen LogP contribution in [0.5, 0.6) is 5.75 Å². The number of hydrogen-bond donors (Lipinski definition) is 2. The number of phenols is 1. The monoisotopic (exact) mass is 382 g/mol. The molecule has 1 aromatic carbocycles. The molecule has 0 spiro atoms. The molecule has 2 atom stereocenters. The van der Waals surface area contributed by atoms with Gasteiger partial charge in [-0.25, -0.2) is 0 Å². The molecule has 2 fully saturated rings. The number of benzene rings is 1. The van der Waals surface area contributed by atoms with Gasteiger partial charge in [0.05, 0.1) is 18.2 Å². The lowest BCUT2D eigenvalue weighted by Gasteiger charge is -2.23. The van der Waals surface area contributed by atoms with Gasteiger partial charge in [0.1, 0.15) is 23.1 Å². The Bertz CT molecular complexity index is 976. The van der Waals surface area contributed by atoms with Crippen molar-refractivity contribution in [3.8, 4) is 11.8 Å². The van der Waals surface area contributed by atoms with E-state index in [9.17, 15) is 20.0 Å². The van der Waals surface area contributed by atoms with E-state index in [0.29, 0.717) is 41.9 Å². The molecule has 28 heavy (non-hydrogen) atoms. The number of furan rings is 1. The molecule has 2 amide bonds. The van der Waals surface area contributed by atoms with Gasteiger partial charge in [-0.3, -0.25) is 14.5 Å². The molecular weight excluding hydrogens is 360 g/mol. The number of nitrogens with two attached hydrogens (primary N) is 1. The van der Waals surface area contributed by atoms with Gasteiger partial charge in [-0.05, 0) is 37.9 Å². The van der Waals surface area contributed by atoms with Crippen molar-refractivity contribution < 1.29 is 19.1 Å². The van der Waals surface area contributed by atoms with Crippen molar-refractivity contribution in [1.82, 2.24) is 9.80 Å². The van der Waals surface area contributed by atoms with Crippen molar-refractivity contribution in [3.63, 3.8) is 0 Å². The van der Waals surface area contributed by atoms with Gasteiger partial charge in [0.15, 0.2) is 0 Å². The van der Waals surface area contributed by atoms with Crippen LogP contribution in [0.25, 0.3) is 11.0 Å². The first-order valence-corrected chi connectivity index (χ1v) is 9.44. The van der Waals surface area contributed by atoms with Crippen molar-refractivity contribution in [2.45, 2.75) is 31.2 Å². The molecule has 2 saturated heterocycles. The summed E-state index contributed by atoms with van der Waals surface area (Å²) in [7, 11) is 0. The number of amides is 2. The molecule has 3 heterocycles. The highest BCUT2D eigenvalue weighted by molar-refractivity contribution is 6.06. The van der Waals surface area contributed by atoms with E-state index in [0.717, 1.165) is 19.3 Å². The Morgan fingerprint density at radius 1 is 1.32 bits per heavy atom. The summed E-state index contributed by atoms with van der Waals surface area (Å²) >= 11 is 0. The van der Waals surface area contributed by atoms with Crippen LogP contribution in [0.3, 0.4) is 0 Å². The van der Waals surface area contributed by atoms with Gasteiger partial charge in [0.25, 0.3) is 5.91 Å². The van der Waals surface area contributed by atoms with Crippen molar-refractivity contribution in [1.29, 1.82) is 5.26 Å². The Hall–Kier alpha value is -3.05. The van der Waals surface area contributed by atoms with Crippen LogP contribution in [0.2, 0.25) is 0 Å². The van der Waals surface area contributed by atoms with Crippen LogP contribution >= 0.6 is 0 Å². The SMILES string of the molecule is N#C[C@@H]1CCCN1C(=O)CN1CC[C@H](c2oc3cc(O)ccc3c2C(N)=O)C1. The molecule has 2 aliphatic heterocycles. The third-order valence-electron chi connectivity index (χ3n) is 5.67. The van der Waals surface area contributed by atoms with Gasteiger partial charge in [0.2, 0.25) is 5.91 Å². The molecule has 0 radical (unpaired) electrons. The molecule has 146 valence electrons. The number of phenolic OH excluding ortho intramolecular Hbond substituents is 1. The van der Waals surface area contributed by atoms with E-state index in [-0.39, 0.29) is 30.2 Å².